The Balaban J connectivity index is 1.38. The molecule has 162 valence electrons. The van der Waals surface area contributed by atoms with Gasteiger partial charge in [0.1, 0.15) is 11.4 Å². The van der Waals surface area contributed by atoms with Gasteiger partial charge in [0, 0.05) is 17.8 Å². The second-order valence-corrected chi connectivity index (χ2v) is 8.21. The molecule has 2 atom stereocenters. The number of hydrogen-bond donors (Lipinski definition) is 2. The van der Waals surface area contributed by atoms with Gasteiger partial charge in [-0.15, -0.1) is 11.3 Å². The fourth-order valence-corrected chi connectivity index (χ4v) is 4.52. The van der Waals surface area contributed by atoms with E-state index < -0.39 is 24.2 Å². The standard InChI is InChI=1S/C20H17F3N4O3S/c21-20(22,23)17-7-13(16-2-1-5-31-16)26-18-12(9-25-27(17)18)19(28)24-8-11-3-4-14-15(6-11)30-10-29-14/h1-6,9,13,17,26H,7-8,10H2,(H,24,28)/t13-,17-/m1/s1. The molecule has 31 heavy (non-hydrogen) atoms. The van der Waals surface area contributed by atoms with E-state index >= 15 is 0 Å². The first-order valence-corrected chi connectivity index (χ1v) is 10.4. The van der Waals surface area contributed by atoms with Crippen LogP contribution < -0.4 is 20.1 Å². The van der Waals surface area contributed by atoms with Gasteiger partial charge in [-0.2, -0.15) is 18.3 Å². The Morgan fingerprint density at radius 1 is 1.29 bits per heavy atom. The lowest BCUT2D eigenvalue weighted by Crippen LogP contribution is -2.36. The van der Waals surface area contributed by atoms with Crippen molar-refractivity contribution in [2.24, 2.45) is 0 Å². The monoisotopic (exact) mass is 450 g/mol. The van der Waals surface area contributed by atoms with Crippen LogP contribution in [-0.4, -0.2) is 28.7 Å². The minimum absolute atomic E-state index is 0.0650. The lowest BCUT2D eigenvalue weighted by molar-refractivity contribution is -0.173. The van der Waals surface area contributed by atoms with E-state index in [4.69, 9.17) is 9.47 Å². The minimum atomic E-state index is -4.49. The van der Waals surface area contributed by atoms with Crippen LogP contribution in [0.15, 0.2) is 41.9 Å². The molecule has 11 heteroatoms. The molecule has 7 nitrogen and oxygen atoms in total. The number of ether oxygens (including phenoxy) is 2. The third-order valence-electron chi connectivity index (χ3n) is 5.26. The van der Waals surface area contributed by atoms with Crippen LogP contribution in [0, 0.1) is 0 Å². The molecule has 2 aliphatic heterocycles. The zero-order valence-electron chi connectivity index (χ0n) is 16.0. The van der Waals surface area contributed by atoms with Gasteiger partial charge in [0.15, 0.2) is 17.5 Å². The smallest absolute Gasteiger partial charge is 0.410 e. The summed E-state index contributed by atoms with van der Waals surface area (Å²) in [5.74, 6) is 0.764. The van der Waals surface area contributed by atoms with Crippen LogP contribution in [0.25, 0.3) is 0 Å². The van der Waals surface area contributed by atoms with Gasteiger partial charge in [-0.3, -0.25) is 4.79 Å². The summed E-state index contributed by atoms with van der Waals surface area (Å²) in [6.07, 6.45) is -3.51. The van der Waals surface area contributed by atoms with Crippen LogP contribution >= 0.6 is 11.3 Å². The van der Waals surface area contributed by atoms with Crippen LogP contribution in [-0.2, 0) is 6.54 Å². The first-order valence-electron chi connectivity index (χ1n) is 9.51. The SMILES string of the molecule is O=C(NCc1ccc2c(c1)OCO2)c1cnn2c1N[C@@H](c1cccs1)C[C@@H]2C(F)(F)F. The lowest BCUT2D eigenvalue weighted by atomic mass is 10.0. The van der Waals surface area contributed by atoms with Gasteiger partial charge in [-0.25, -0.2) is 4.68 Å². The summed E-state index contributed by atoms with van der Waals surface area (Å²) in [5, 5.41) is 11.5. The maximum Gasteiger partial charge on any atom is 0.410 e. The molecular weight excluding hydrogens is 433 g/mol. The van der Waals surface area contributed by atoms with E-state index in [1.54, 1.807) is 30.3 Å². The number of amides is 1. The minimum Gasteiger partial charge on any atom is -0.454 e. The van der Waals surface area contributed by atoms with Crippen molar-refractivity contribution in [3.63, 3.8) is 0 Å². The third kappa shape index (κ3) is 3.69. The van der Waals surface area contributed by atoms with E-state index in [1.807, 2.05) is 5.38 Å². The van der Waals surface area contributed by atoms with Crippen molar-refractivity contribution in [2.75, 3.05) is 12.1 Å². The van der Waals surface area contributed by atoms with Crippen LogP contribution in [0.5, 0.6) is 11.5 Å². The van der Waals surface area contributed by atoms with Gasteiger partial charge >= 0.3 is 6.18 Å². The summed E-state index contributed by atoms with van der Waals surface area (Å²) in [5.41, 5.74) is 0.840. The van der Waals surface area contributed by atoms with Crippen molar-refractivity contribution in [3.05, 3.63) is 57.9 Å². The summed E-state index contributed by atoms with van der Waals surface area (Å²) in [6.45, 7) is 0.322. The van der Waals surface area contributed by atoms with Gasteiger partial charge in [-0.1, -0.05) is 12.1 Å². The summed E-state index contributed by atoms with van der Waals surface area (Å²) < 4.78 is 52.6. The molecule has 3 aromatic rings. The van der Waals surface area contributed by atoms with Gasteiger partial charge < -0.3 is 20.1 Å². The Morgan fingerprint density at radius 3 is 2.90 bits per heavy atom. The number of nitrogens with zero attached hydrogens (tertiary/aromatic N) is 2. The fourth-order valence-electron chi connectivity index (χ4n) is 3.73. The molecule has 0 bridgehead atoms. The van der Waals surface area contributed by atoms with Crippen molar-refractivity contribution in [3.8, 4) is 11.5 Å². The first-order chi connectivity index (χ1) is 14.9. The molecule has 0 saturated heterocycles. The highest BCUT2D eigenvalue weighted by atomic mass is 32.1. The predicted octanol–water partition coefficient (Wildman–Crippen LogP) is 4.26. The largest absolute Gasteiger partial charge is 0.454 e. The van der Waals surface area contributed by atoms with Gasteiger partial charge in [0.2, 0.25) is 6.79 Å². The Morgan fingerprint density at radius 2 is 2.13 bits per heavy atom. The summed E-state index contributed by atoms with van der Waals surface area (Å²) in [6, 6.07) is 6.47. The Bertz CT molecular complexity index is 1110. The van der Waals surface area contributed by atoms with Crippen molar-refractivity contribution in [1.82, 2.24) is 15.1 Å². The van der Waals surface area contributed by atoms with Crippen LogP contribution in [0.4, 0.5) is 19.0 Å². The molecule has 1 aromatic carbocycles. The summed E-state index contributed by atoms with van der Waals surface area (Å²) in [4.78, 5) is 13.6. The van der Waals surface area contributed by atoms with E-state index in [0.29, 0.717) is 11.5 Å². The molecule has 1 amide bonds. The Kier molecular flexibility index (Phi) is 4.77. The van der Waals surface area contributed by atoms with Crippen LogP contribution in [0.3, 0.4) is 0 Å². The number of anilines is 1. The van der Waals surface area contributed by atoms with Gasteiger partial charge in [-0.05, 0) is 29.1 Å². The molecule has 0 aliphatic carbocycles. The first kappa shape index (κ1) is 19.7. The number of thiophene rings is 1. The molecular formula is C20H17F3N4O3S. The number of carbonyl (C=O) groups excluding carboxylic acids is 1. The van der Waals surface area contributed by atoms with Crippen LogP contribution in [0.2, 0.25) is 0 Å². The molecule has 2 aromatic heterocycles. The predicted molar refractivity (Wildman–Crippen MR) is 106 cm³/mol. The molecule has 0 fully saturated rings. The summed E-state index contributed by atoms with van der Waals surface area (Å²) >= 11 is 1.37. The third-order valence-corrected chi connectivity index (χ3v) is 6.25. The highest BCUT2D eigenvalue weighted by molar-refractivity contribution is 7.10. The molecule has 4 heterocycles. The van der Waals surface area contributed by atoms with E-state index in [-0.39, 0.29) is 31.1 Å². The molecule has 2 N–H and O–H groups in total. The number of rotatable bonds is 4. The van der Waals surface area contributed by atoms with Crippen LogP contribution in [0.1, 0.15) is 39.3 Å². The number of halogens is 3. The topological polar surface area (TPSA) is 77.4 Å². The fraction of sp³-hybridized carbons (Fsp3) is 0.300. The number of alkyl halides is 3. The van der Waals surface area contributed by atoms with E-state index in [0.717, 1.165) is 15.1 Å². The Hall–Kier alpha value is -3.21. The number of benzene rings is 1. The highest BCUT2D eigenvalue weighted by Crippen LogP contribution is 2.45. The quantitative estimate of drug-likeness (QED) is 0.621. The number of fused-ring (bicyclic) bond motifs is 2. The number of carbonyl (C=O) groups is 1. The maximum absolute atomic E-state index is 13.7. The highest BCUT2D eigenvalue weighted by Gasteiger charge is 2.47. The number of hydrogen-bond acceptors (Lipinski definition) is 6. The molecule has 0 spiro atoms. The Labute approximate surface area is 178 Å². The lowest BCUT2D eigenvalue weighted by Gasteiger charge is -2.33. The van der Waals surface area contributed by atoms with E-state index in [2.05, 4.69) is 15.7 Å². The molecule has 0 unspecified atom stereocenters. The average Bonchev–Trinajstić information content (AvgIpc) is 3.50. The normalized spacial score (nSPS) is 19.6. The molecule has 0 saturated carbocycles. The second-order valence-electron chi connectivity index (χ2n) is 7.23. The van der Waals surface area contributed by atoms with Crippen molar-refractivity contribution >= 4 is 23.1 Å². The summed E-state index contributed by atoms with van der Waals surface area (Å²) in [7, 11) is 0. The number of aromatic nitrogens is 2. The molecule has 0 radical (unpaired) electrons. The zero-order valence-corrected chi connectivity index (χ0v) is 16.8. The van der Waals surface area contributed by atoms with Crippen molar-refractivity contribution in [1.29, 1.82) is 0 Å². The van der Waals surface area contributed by atoms with E-state index in [9.17, 15) is 18.0 Å². The zero-order chi connectivity index (χ0) is 21.6. The van der Waals surface area contributed by atoms with Crippen molar-refractivity contribution in [2.45, 2.75) is 31.2 Å². The molecule has 2 aliphatic rings. The van der Waals surface area contributed by atoms with Gasteiger partial charge in [0.05, 0.1) is 12.2 Å². The second kappa shape index (κ2) is 7.49. The van der Waals surface area contributed by atoms with Gasteiger partial charge in [0.25, 0.3) is 5.91 Å². The maximum atomic E-state index is 13.7. The number of nitrogens with one attached hydrogen (secondary N) is 2. The van der Waals surface area contributed by atoms with E-state index in [1.165, 1.54) is 17.5 Å². The average molecular weight is 450 g/mol. The molecule has 5 rings (SSSR count). The van der Waals surface area contributed by atoms with Crippen molar-refractivity contribution < 1.29 is 27.4 Å².